The quantitative estimate of drug-likeness (QED) is 0.752. The number of benzene rings is 1. The number of rotatable bonds is 3. The summed E-state index contributed by atoms with van der Waals surface area (Å²) in [5.74, 6) is 0.549. The largest absolute Gasteiger partial charge is 0.429 e. The molecule has 3 rings (SSSR count). The maximum Gasteiger partial charge on any atom is 0.251 e. The predicted octanol–water partition coefficient (Wildman–Crippen LogP) is 3.19. The van der Waals surface area contributed by atoms with Gasteiger partial charge in [-0.3, -0.25) is 4.79 Å². The molecule has 106 valence electrons. The van der Waals surface area contributed by atoms with E-state index < -0.39 is 0 Å². The van der Waals surface area contributed by atoms with Gasteiger partial charge >= 0.3 is 0 Å². The van der Waals surface area contributed by atoms with E-state index in [4.69, 9.17) is 4.42 Å². The van der Waals surface area contributed by atoms with Crippen molar-refractivity contribution in [2.45, 2.75) is 24.1 Å². The fraction of sp³-hybridized carbons (Fsp3) is 0.133. The van der Waals surface area contributed by atoms with Gasteiger partial charge in [0.1, 0.15) is 0 Å². The van der Waals surface area contributed by atoms with E-state index in [1.807, 2.05) is 31.2 Å². The second-order valence-electron chi connectivity index (χ2n) is 4.64. The van der Waals surface area contributed by atoms with E-state index in [9.17, 15) is 4.79 Å². The van der Waals surface area contributed by atoms with Gasteiger partial charge in [0.05, 0.1) is 6.20 Å². The van der Waals surface area contributed by atoms with Crippen LogP contribution in [0.15, 0.2) is 56.0 Å². The minimum atomic E-state index is -0.178. The predicted molar refractivity (Wildman–Crippen MR) is 80.4 cm³/mol. The summed E-state index contributed by atoms with van der Waals surface area (Å²) in [7, 11) is 0. The summed E-state index contributed by atoms with van der Waals surface area (Å²) < 4.78 is 5.68. The van der Waals surface area contributed by atoms with Crippen LogP contribution in [0.5, 0.6) is 0 Å². The molecule has 3 aromatic rings. The monoisotopic (exact) mass is 299 g/mol. The van der Waals surface area contributed by atoms with E-state index in [0.29, 0.717) is 21.8 Å². The molecule has 0 aliphatic carbocycles. The molecule has 0 amide bonds. The van der Waals surface area contributed by atoms with E-state index in [1.54, 1.807) is 13.1 Å². The highest BCUT2D eigenvalue weighted by atomic mass is 32.2. The van der Waals surface area contributed by atoms with Crippen LogP contribution in [0, 0.1) is 13.8 Å². The molecule has 0 fully saturated rings. The van der Waals surface area contributed by atoms with E-state index in [2.05, 4.69) is 15.0 Å². The highest BCUT2D eigenvalue weighted by molar-refractivity contribution is 7.99. The molecule has 0 bridgehead atoms. The number of H-pyrrole nitrogens is 1. The second kappa shape index (κ2) is 5.57. The van der Waals surface area contributed by atoms with Gasteiger partial charge in [0.25, 0.3) is 5.56 Å². The summed E-state index contributed by atoms with van der Waals surface area (Å²) in [6, 6.07) is 9.38. The Morgan fingerprint density at radius 3 is 2.67 bits per heavy atom. The van der Waals surface area contributed by atoms with E-state index >= 15 is 0 Å². The normalized spacial score (nSPS) is 10.8. The molecule has 0 unspecified atom stereocenters. The molecule has 0 aliphatic heterocycles. The van der Waals surface area contributed by atoms with Gasteiger partial charge in [0.15, 0.2) is 10.2 Å². The van der Waals surface area contributed by atoms with Crippen LogP contribution >= 0.6 is 11.8 Å². The lowest BCUT2D eigenvalue weighted by Gasteiger charge is -1.98. The van der Waals surface area contributed by atoms with Gasteiger partial charge < -0.3 is 9.40 Å². The molecule has 1 aromatic carbocycles. The van der Waals surface area contributed by atoms with Gasteiger partial charge in [-0.1, -0.05) is 17.7 Å². The molecule has 21 heavy (non-hydrogen) atoms. The van der Waals surface area contributed by atoms with Crippen molar-refractivity contribution in [3.05, 3.63) is 58.1 Å². The van der Waals surface area contributed by atoms with Crippen LogP contribution in [-0.2, 0) is 0 Å². The molecular formula is C15H13N3O2S. The topological polar surface area (TPSA) is 71.8 Å². The van der Waals surface area contributed by atoms with Crippen LogP contribution in [0.4, 0.5) is 0 Å². The Morgan fingerprint density at radius 2 is 1.95 bits per heavy atom. The summed E-state index contributed by atoms with van der Waals surface area (Å²) in [5.41, 5.74) is 2.59. The minimum Gasteiger partial charge on any atom is -0.429 e. The van der Waals surface area contributed by atoms with E-state index in [-0.39, 0.29) is 5.56 Å². The van der Waals surface area contributed by atoms with Crippen LogP contribution in [0.25, 0.3) is 11.5 Å². The lowest BCUT2D eigenvalue weighted by atomic mass is 10.1. The molecule has 0 saturated carbocycles. The van der Waals surface area contributed by atoms with Crippen LogP contribution in [0.3, 0.4) is 0 Å². The maximum atomic E-state index is 11.4. The van der Waals surface area contributed by atoms with Crippen LogP contribution in [0.1, 0.15) is 11.3 Å². The molecule has 0 saturated heterocycles. The van der Waals surface area contributed by atoms with Crippen LogP contribution < -0.4 is 5.56 Å². The highest BCUT2D eigenvalue weighted by Crippen LogP contribution is 2.28. The van der Waals surface area contributed by atoms with Crippen molar-refractivity contribution >= 4 is 11.8 Å². The number of aryl methyl sites for hydroxylation is 2. The third-order valence-corrected chi connectivity index (χ3v) is 3.60. The fourth-order valence-electron chi connectivity index (χ4n) is 1.83. The fourth-order valence-corrected chi connectivity index (χ4v) is 2.59. The van der Waals surface area contributed by atoms with Crippen molar-refractivity contribution in [3.8, 4) is 11.5 Å². The molecule has 6 heteroatoms. The van der Waals surface area contributed by atoms with Crippen LogP contribution in [0.2, 0.25) is 0 Å². The first-order valence-corrected chi connectivity index (χ1v) is 7.20. The second-order valence-corrected chi connectivity index (χ2v) is 5.64. The third-order valence-electron chi connectivity index (χ3n) is 2.83. The molecule has 2 heterocycles. The zero-order valence-corrected chi connectivity index (χ0v) is 12.4. The number of nitrogens with zero attached hydrogens (tertiary/aromatic N) is 2. The summed E-state index contributed by atoms with van der Waals surface area (Å²) in [4.78, 5) is 22.6. The SMILES string of the molecule is Cc1ccc(-c2ncc(Sc3nc(C)cc(=O)[nH]3)o2)cc1. The Hall–Kier alpha value is -2.34. The Labute approximate surface area is 125 Å². The summed E-state index contributed by atoms with van der Waals surface area (Å²) >= 11 is 1.24. The Balaban J connectivity index is 1.85. The van der Waals surface area contributed by atoms with Gasteiger partial charge in [-0.05, 0) is 37.7 Å². The number of aromatic nitrogens is 3. The van der Waals surface area contributed by atoms with Gasteiger partial charge in [0.2, 0.25) is 5.89 Å². The van der Waals surface area contributed by atoms with Crippen LogP contribution in [-0.4, -0.2) is 15.0 Å². The molecule has 1 N–H and O–H groups in total. The number of hydrogen-bond acceptors (Lipinski definition) is 5. The van der Waals surface area contributed by atoms with Gasteiger partial charge in [0, 0.05) is 17.3 Å². The zero-order valence-electron chi connectivity index (χ0n) is 11.6. The Bertz CT molecular complexity index is 821. The van der Waals surface area contributed by atoms with E-state index in [1.165, 1.54) is 23.4 Å². The molecule has 0 atom stereocenters. The third kappa shape index (κ3) is 3.22. The lowest BCUT2D eigenvalue weighted by molar-refractivity contribution is 0.483. The molecule has 0 spiro atoms. The van der Waals surface area contributed by atoms with Crippen molar-refractivity contribution in [3.63, 3.8) is 0 Å². The molecular weight excluding hydrogens is 286 g/mol. The van der Waals surface area contributed by atoms with Crippen molar-refractivity contribution < 1.29 is 4.42 Å². The number of hydrogen-bond donors (Lipinski definition) is 1. The Morgan fingerprint density at radius 1 is 1.19 bits per heavy atom. The smallest absolute Gasteiger partial charge is 0.251 e. The van der Waals surface area contributed by atoms with Crippen molar-refractivity contribution in [1.82, 2.24) is 15.0 Å². The lowest BCUT2D eigenvalue weighted by Crippen LogP contribution is -2.07. The van der Waals surface area contributed by atoms with Crippen molar-refractivity contribution in [1.29, 1.82) is 0 Å². The zero-order chi connectivity index (χ0) is 14.8. The standard InChI is InChI=1S/C15H13N3O2S/c1-9-3-5-11(6-4-9)14-16-8-13(20-14)21-15-17-10(2)7-12(19)18-15/h3-8H,1-2H3,(H,17,18,19). The first kappa shape index (κ1) is 13.6. The van der Waals surface area contributed by atoms with E-state index in [0.717, 1.165) is 5.56 Å². The van der Waals surface area contributed by atoms with Crippen molar-refractivity contribution in [2.24, 2.45) is 0 Å². The first-order valence-electron chi connectivity index (χ1n) is 6.39. The van der Waals surface area contributed by atoms with Gasteiger partial charge in [-0.25, -0.2) is 9.97 Å². The summed E-state index contributed by atoms with van der Waals surface area (Å²) in [5, 5.41) is 1.07. The number of nitrogens with one attached hydrogen (secondary N) is 1. The van der Waals surface area contributed by atoms with Crippen molar-refractivity contribution in [2.75, 3.05) is 0 Å². The average molecular weight is 299 g/mol. The summed E-state index contributed by atoms with van der Waals surface area (Å²) in [6.07, 6.45) is 1.63. The number of aromatic amines is 1. The first-order chi connectivity index (χ1) is 10.1. The highest BCUT2D eigenvalue weighted by Gasteiger charge is 2.09. The van der Waals surface area contributed by atoms with Gasteiger partial charge in [-0.2, -0.15) is 0 Å². The van der Waals surface area contributed by atoms with Gasteiger partial charge in [-0.15, -0.1) is 0 Å². The maximum absolute atomic E-state index is 11.4. The average Bonchev–Trinajstić information content (AvgIpc) is 2.87. The molecule has 5 nitrogen and oxygen atoms in total. The molecule has 2 aromatic heterocycles. The Kier molecular flexibility index (Phi) is 3.62. The molecule has 0 aliphatic rings. The molecule has 0 radical (unpaired) electrons. The number of oxazole rings is 1. The minimum absolute atomic E-state index is 0.178. The summed E-state index contributed by atoms with van der Waals surface area (Å²) in [6.45, 7) is 3.80.